The summed E-state index contributed by atoms with van der Waals surface area (Å²) in [5, 5.41) is 6.58. The van der Waals surface area contributed by atoms with Gasteiger partial charge in [0, 0.05) is 22.5 Å². The van der Waals surface area contributed by atoms with Crippen molar-refractivity contribution in [2.24, 2.45) is 0 Å². The SMILES string of the molecule is Cc1cc(Cl)ccc1Nc1ncnc(Nc2ccc(F)c(F)c2)c1N. The minimum atomic E-state index is -0.965. The van der Waals surface area contributed by atoms with Crippen molar-refractivity contribution in [1.29, 1.82) is 0 Å². The molecule has 3 rings (SSSR count). The molecule has 0 spiro atoms. The van der Waals surface area contributed by atoms with Crippen LogP contribution in [0.4, 0.5) is 37.5 Å². The van der Waals surface area contributed by atoms with Crippen LogP contribution < -0.4 is 16.4 Å². The van der Waals surface area contributed by atoms with Crippen molar-refractivity contribution >= 4 is 40.3 Å². The minimum absolute atomic E-state index is 0.238. The molecule has 5 nitrogen and oxygen atoms in total. The molecule has 0 fully saturated rings. The Balaban J connectivity index is 1.87. The van der Waals surface area contributed by atoms with E-state index >= 15 is 0 Å². The van der Waals surface area contributed by atoms with Gasteiger partial charge in [-0.3, -0.25) is 0 Å². The summed E-state index contributed by atoms with van der Waals surface area (Å²) in [5.41, 5.74) is 8.34. The number of nitrogens with zero attached hydrogens (tertiary/aromatic N) is 2. The highest BCUT2D eigenvalue weighted by Gasteiger charge is 2.11. The van der Waals surface area contributed by atoms with E-state index in [0.717, 1.165) is 23.4 Å². The third-order valence-corrected chi connectivity index (χ3v) is 3.74. The van der Waals surface area contributed by atoms with E-state index in [1.165, 1.54) is 12.4 Å². The minimum Gasteiger partial charge on any atom is -0.393 e. The Bertz CT molecular complexity index is 933. The molecule has 0 saturated carbocycles. The molecule has 4 N–H and O–H groups in total. The number of nitrogens with two attached hydrogens (primary N) is 1. The van der Waals surface area contributed by atoms with Crippen molar-refractivity contribution in [3.63, 3.8) is 0 Å². The first-order valence-corrected chi connectivity index (χ1v) is 7.67. The normalized spacial score (nSPS) is 10.6. The summed E-state index contributed by atoms with van der Waals surface area (Å²) in [6.07, 6.45) is 1.31. The van der Waals surface area contributed by atoms with Crippen molar-refractivity contribution < 1.29 is 8.78 Å². The predicted molar refractivity (Wildman–Crippen MR) is 95.6 cm³/mol. The Morgan fingerprint density at radius 1 is 0.960 bits per heavy atom. The van der Waals surface area contributed by atoms with Crippen LogP contribution >= 0.6 is 11.6 Å². The highest BCUT2D eigenvalue weighted by Crippen LogP contribution is 2.30. The molecule has 8 heteroatoms. The summed E-state index contributed by atoms with van der Waals surface area (Å²) < 4.78 is 26.3. The molecule has 25 heavy (non-hydrogen) atoms. The zero-order chi connectivity index (χ0) is 18.0. The summed E-state index contributed by atoms with van der Waals surface area (Å²) in [6, 6.07) is 8.78. The molecule has 0 amide bonds. The van der Waals surface area contributed by atoms with Gasteiger partial charge in [0.1, 0.15) is 12.0 Å². The number of anilines is 5. The van der Waals surface area contributed by atoms with Crippen LogP contribution in [0.5, 0.6) is 0 Å². The van der Waals surface area contributed by atoms with Gasteiger partial charge in [0.25, 0.3) is 0 Å². The fourth-order valence-electron chi connectivity index (χ4n) is 2.20. The molecule has 2 aromatic carbocycles. The lowest BCUT2D eigenvalue weighted by Gasteiger charge is -2.14. The van der Waals surface area contributed by atoms with Crippen molar-refractivity contribution in [2.75, 3.05) is 16.4 Å². The average molecular weight is 362 g/mol. The van der Waals surface area contributed by atoms with Crippen LogP contribution in [0.25, 0.3) is 0 Å². The molecule has 1 heterocycles. The number of hydrogen-bond acceptors (Lipinski definition) is 5. The predicted octanol–water partition coefficient (Wildman–Crippen LogP) is 4.79. The van der Waals surface area contributed by atoms with Crippen LogP contribution in [-0.4, -0.2) is 9.97 Å². The largest absolute Gasteiger partial charge is 0.393 e. The smallest absolute Gasteiger partial charge is 0.160 e. The van der Waals surface area contributed by atoms with E-state index in [-0.39, 0.29) is 11.5 Å². The second-order valence-corrected chi connectivity index (χ2v) is 5.76. The van der Waals surface area contributed by atoms with Gasteiger partial charge in [-0.15, -0.1) is 0 Å². The van der Waals surface area contributed by atoms with Gasteiger partial charge < -0.3 is 16.4 Å². The Hall–Kier alpha value is -2.93. The monoisotopic (exact) mass is 361 g/mol. The van der Waals surface area contributed by atoms with Gasteiger partial charge in [-0.1, -0.05) is 11.6 Å². The summed E-state index contributed by atoms with van der Waals surface area (Å²) in [4.78, 5) is 8.16. The number of aromatic nitrogens is 2. The maximum Gasteiger partial charge on any atom is 0.160 e. The Morgan fingerprint density at radius 3 is 2.36 bits per heavy atom. The molecule has 0 atom stereocenters. The summed E-state index contributed by atoms with van der Waals surface area (Å²) in [7, 11) is 0. The molecule has 0 unspecified atom stereocenters. The molecule has 0 aliphatic carbocycles. The zero-order valence-corrected chi connectivity index (χ0v) is 13.9. The van der Waals surface area contributed by atoms with Crippen LogP contribution in [0.15, 0.2) is 42.7 Å². The van der Waals surface area contributed by atoms with E-state index in [1.807, 2.05) is 19.1 Å². The fourth-order valence-corrected chi connectivity index (χ4v) is 2.43. The van der Waals surface area contributed by atoms with Gasteiger partial charge >= 0.3 is 0 Å². The molecule has 3 aromatic rings. The van der Waals surface area contributed by atoms with E-state index in [0.29, 0.717) is 16.5 Å². The Labute approximate surface area is 147 Å². The summed E-state index contributed by atoms with van der Waals surface area (Å²) in [6.45, 7) is 1.89. The molecule has 0 aliphatic rings. The number of hydrogen-bond donors (Lipinski definition) is 3. The van der Waals surface area contributed by atoms with Crippen LogP contribution in [-0.2, 0) is 0 Å². The fraction of sp³-hybridized carbons (Fsp3) is 0.0588. The van der Waals surface area contributed by atoms with Crippen molar-refractivity contribution in [3.8, 4) is 0 Å². The standard InChI is InChI=1S/C17H14ClF2N5/c1-9-6-10(18)2-5-14(9)25-17-15(21)16(22-8-23-17)24-11-3-4-12(19)13(20)7-11/h2-8H,21H2,1H3,(H2,22,23,24,25). The Kier molecular flexibility index (Phi) is 4.67. The van der Waals surface area contributed by atoms with Gasteiger partial charge in [-0.25, -0.2) is 18.7 Å². The summed E-state index contributed by atoms with van der Waals surface area (Å²) in [5.74, 6) is -1.24. The van der Waals surface area contributed by atoms with E-state index in [1.54, 1.807) is 6.07 Å². The second-order valence-electron chi connectivity index (χ2n) is 5.32. The quantitative estimate of drug-likeness (QED) is 0.623. The van der Waals surface area contributed by atoms with Gasteiger partial charge in [0.2, 0.25) is 0 Å². The highest BCUT2D eigenvalue weighted by atomic mass is 35.5. The third-order valence-electron chi connectivity index (χ3n) is 3.51. The number of halogens is 3. The highest BCUT2D eigenvalue weighted by molar-refractivity contribution is 6.30. The molecule has 1 aromatic heterocycles. The second kappa shape index (κ2) is 6.90. The topological polar surface area (TPSA) is 75.9 Å². The number of rotatable bonds is 4. The van der Waals surface area contributed by atoms with Crippen LogP contribution in [0.1, 0.15) is 5.56 Å². The van der Waals surface area contributed by atoms with E-state index in [9.17, 15) is 8.78 Å². The Morgan fingerprint density at radius 2 is 1.68 bits per heavy atom. The van der Waals surface area contributed by atoms with Gasteiger partial charge in [-0.2, -0.15) is 0 Å². The maximum absolute atomic E-state index is 13.3. The third kappa shape index (κ3) is 3.77. The van der Waals surface area contributed by atoms with Crippen molar-refractivity contribution in [3.05, 3.63) is 64.9 Å². The van der Waals surface area contributed by atoms with E-state index in [4.69, 9.17) is 17.3 Å². The number of benzene rings is 2. The molecule has 0 bridgehead atoms. The van der Waals surface area contributed by atoms with Gasteiger partial charge in [-0.05, 0) is 42.8 Å². The number of aryl methyl sites for hydroxylation is 1. The summed E-state index contributed by atoms with van der Waals surface area (Å²) >= 11 is 5.95. The van der Waals surface area contributed by atoms with Crippen molar-refractivity contribution in [2.45, 2.75) is 6.92 Å². The van der Waals surface area contributed by atoms with Gasteiger partial charge in [0.05, 0.1) is 0 Å². The first kappa shape index (κ1) is 16.9. The van der Waals surface area contributed by atoms with Gasteiger partial charge in [0.15, 0.2) is 23.3 Å². The number of nitrogens with one attached hydrogen (secondary N) is 2. The van der Waals surface area contributed by atoms with Crippen LogP contribution in [0.2, 0.25) is 5.02 Å². The van der Waals surface area contributed by atoms with Crippen molar-refractivity contribution in [1.82, 2.24) is 9.97 Å². The lowest BCUT2D eigenvalue weighted by molar-refractivity contribution is 0.509. The first-order valence-electron chi connectivity index (χ1n) is 7.30. The number of nitrogen functional groups attached to an aromatic ring is 1. The van der Waals surface area contributed by atoms with Crippen LogP contribution in [0.3, 0.4) is 0 Å². The van der Waals surface area contributed by atoms with Crippen LogP contribution in [0, 0.1) is 18.6 Å². The maximum atomic E-state index is 13.3. The first-order chi connectivity index (χ1) is 11.9. The lowest BCUT2D eigenvalue weighted by atomic mass is 10.2. The lowest BCUT2D eigenvalue weighted by Crippen LogP contribution is -2.06. The molecular formula is C17H14ClF2N5. The molecular weight excluding hydrogens is 348 g/mol. The molecule has 128 valence electrons. The molecule has 0 radical (unpaired) electrons. The van der Waals surface area contributed by atoms with E-state index < -0.39 is 11.6 Å². The zero-order valence-electron chi connectivity index (χ0n) is 13.1. The molecule has 0 aliphatic heterocycles. The average Bonchev–Trinajstić information content (AvgIpc) is 2.57. The molecule has 0 saturated heterocycles. The van der Waals surface area contributed by atoms with E-state index in [2.05, 4.69) is 20.6 Å².